The van der Waals surface area contributed by atoms with Crippen LogP contribution >= 0.6 is 0 Å². The minimum absolute atomic E-state index is 0.166. The maximum absolute atomic E-state index is 11.4. The molecule has 0 aromatic carbocycles. The molecule has 0 aliphatic carbocycles. The molecule has 0 N–H and O–H groups in total. The lowest BCUT2D eigenvalue weighted by Gasteiger charge is -2.16. The van der Waals surface area contributed by atoms with E-state index < -0.39 is 11.4 Å². The molecule has 0 fully saturated rings. The maximum atomic E-state index is 11.4. The van der Waals surface area contributed by atoms with Gasteiger partial charge in [0.05, 0.1) is 18.6 Å². The highest BCUT2D eigenvalue weighted by atomic mass is 16.6. The lowest BCUT2D eigenvalue weighted by molar-refractivity contribution is -0.154. The molecule has 104 valence electrons. The van der Waals surface area contributed by atoms with E-state index in [1.54, 1.807) is 27.7 Å². The van der Waals surface area contributed by atoms with Gasteiger partial charge in [-0.3, -0.25) is 4.79 Å². The molecule has 0 aliphatic heterocycles. The zero-order valence-corrected chi connectivity index (χ0v) is 11.6. The standard InChI is InChI=1S/C13H22O5/c1-10(2)11(14)17-8-6-16-7-9-18-12(15)13(3,4)5/h1,6-9H2,2-5H3. The summed E-state index contributed by atoms with van der Waals surface area (Å²) >= 11 is 0. The Morgan fingerprint density at radius 2 is 1.50 bits per heavy atom. The fourth-order valence-corrected chi connectivity index (χ4v) is 0.828. The third-order valence-corrected chi connectivity index (χ3v) is 1.88. The number of carbonyl (C=O) groups excluding carboxylic acids is 2. The van der Waals surface area contributed by atoms with E-state index in [1.165, 1.54) is 0 Å². The number of hydrogen-bond donors (Lipinski definition) is 0. The van der Waals surface area contributed by atoms with E-state index in [4.69, 9.17) is 14.2 Å². The van der Waals surface area contributed by atoms with E-state index in [0.717, 1.165) is 0 Å². The molecule has 0 aromatic heterocycles. The van der Waals surface area contributed by atoms with E-state index in [0.29, 0.717) is 5.57 Å². The van der Waals surface area contributed by atoms with Gasteiger partial charge in [0.15, 0.2) is 0 Å². The number of rotatable bonds is 7. The molecule has 0 saturated heterocycles. The minimum atomic E-state index is -0.503. The summed E-state index contributed by atoms with van der Waals surface area (Å²) in [5, 5.41) is 0. The van der Waals surface area contributed by atoms with Gasteiger partial charge in [-0.2, -0.15) is 0 Å². The Morgan fingerprint density at radius 3 is 1.94 bits per heavy atom. The van der Waals surface area contributed by atoms with Crippen LogP contribution in [-0.2, 0) is 23.8 Å². The van der Waals surface area contributed by atoms with Gasteiger partial charge in [-0.25, -0.2) is 4.79 Å². The van der Waals surface area contributed by atoms with Crippen molar-refractivity contribution >= 4 is 11.9 Å². The minimum Gasteiger partial charge on any atom is -0.463 e. The average Bonchev–Trinajstić information content (AvgIpc) is 2.25. The normalized spacial score (nSPS) is 10.9. The van der Waals surface area contributed by atoms with Gasteiger partial charge in [-0.1, -0.05) is 6.58 Å². The first-order chi connectivity index (χ1) is 8.25. The van der Waals surface area contributed by atoms with Gasteiger partial charge in [0, 0.05) is 5.57 Å². The first-order valence-electron chi connectivity index (χ1n) is 5.82. The third kappa shape index (κ3) is 7.84. The monoisotopic (exact) mass is 258 g/mol. The SMILES string of the molecule is C=C(C)C(=O)OCCOCCOC(=O)C(C)(C)C. The number of ether oxygens (including phenoxy) is 3. The molecule has 5 heteroatoms. The molecule has 0 aliphatic rings. The van der Waals surface area contributed by atoms with E-state index >= 15 is 0 Å². The molecule has 0 bridgehead atoms. The summed E-state index contributed by atoms with van der Waals surface area (Å²) in [6.07, 6.45) is 0. The second-order valence-electron chi connectivity index (χ2n) is 4.91. The molecule has 0 heterocycles. The fraction of sp³-hybridized carbons (Fsp3) is 0.692. The van der Waals surface area contributed by atoms with Gasteiger partial charge in [-0.15, -0.1) is 0 Å². The van der Waals surface area contributed by atoms with E-state index in [2.05, 4.69) is 6.58 Å². The molecule has 0 unspecified atom stereocenters. The van der Waals surface area contributed by atoms with Crippen molar-refractivity contribution in [2.24, 2.45) is 5.41 Å². The van der Waals surface area contributed by atoms with Crippen molar-refractivity contribution in [3.8, 4) is 0 Å². The van der Waals surface area contributed by atoms with Gasteiger partial charge in [0.25, 0.3) is 0 Å². The molecular formula is C13H22O5. The van der Waals surface area contributed by atoms with Crippen LogP contribution in [0.2, 0.25) is 0 Å². The van der Waals surface area contributed by atoms with Crippen LogP contribution in [0.15, 0.2) is 12.2 Å². The topological polar surface area (TPSA) is 61.8 Å². The summed E-state index contributed by atoms with van der Waals surface area (Å²) in [4.78, 5) is 22.3. The van der Waals surface area contributed by atoms with Crippen LogP contribution in [0.4, 0.5) is 0 Å². The highest BCUT2D eigenvalue weighted by molar-refractivity contribution is 5.86. The van der Waals surface area contributed by atoms with Gasteiger partial charge in [0.1, 0.15) is 13.2 Å². The van der Waals surface area contributed by atoms with Crippen molar-refractivity contribution in [1.29, 1.82) is 0 Å². The summed E-state index contributed by atoms with van der Waals surface area (Å²) in [6, 6.07) is 0. The van der Waals surface area contributed by atoms with Crippen molar-refractivity contribution in [3.63, 3.8) is 0 Å². The molecular weight excluding hydrogens is 236 g/mol. The summed E-state index contributed by atoms with van der Waals surface area (Å²) in [7, 11) is 0. The van der Waals surface area contributed by atoms with E-state index in [9.17, 15) is 9.59 Å². The second kappa shape index (κ2) is 7.87. The van der Waals surface area contributed by atoms with Crippen LogP contribution in [0, 0.1) is 5.41 Å². The van der Waals surface area contributed by atoms with Gasteiger partial charge >= 0.3 is 11.9 Å². The maximum Gasteiger partial charge on any atom is 0.333 e. The Labute approximate surface area is 108 Å². The quantitative estimate of drug-likeness (QED) is 0.395. The van der Waals surface area contributed by atoms with Crippen LogP contribution in [0.1, 0.15) is 27.7 Å². The van der Waals surface area contributed by atoms with Crippen molar-refractivity contribution in [2.45, 2.75) is 27.7 Å². The Bertz CT molecular complexity index is 301. The Morgan fingerprint density at radius 1 is 1.00 bits per heavy atom. The lowest BCUT2D eigenvalue weighted by atomic mass is 9.97. The molecule has 0 aromatic rings. The van der Waals surface area contributed by atoms with Crippen LogP contribution in [0.25, 0.3) is 0 Å². The highest BCUT2D eigenvalue weighted by Gasteiger charge is 2.22. The first kappa shape index (κ1) is 16.6. The largest absolute Gasteiger partial charge is 0.463 e. The van der Waals surface area contributed by atoms with Gasteiger partial charge in [-0.05, 0) is 27.7 Å². The molecule has 0 spiro atoms. The zero-order chi connectivity index (χ0) is 14.2. The van der Waals surface area contributed by atoms with Crippen molar-refractivity contribution in [3.05, 3.63) is 12.2 Å². The number of esters is 2. The smallest absolute Gasteiger partial charge is 0.333 e. The predicted molar refractivity (Wildman–Crippen MR) is 67.0 cm³/mol. The first-order valence-corrected chi connectivity index (χ1v) is 5.82. The average molecular weight is 258 g/mol. The lowest BCUT2D eigenvalue weighted by Crippen LogP contribution is -2.24. The highest BCUT2D eigenvalue weighted by Crippen LogP contribution is 2.14. The van der Waals surface area contributed by atoms with Crippen molar-refractivity contribution in [1.82, 2.24) is 0 Å². The molecule has 18 heavy (non-hydrogen) atoms. The summed E-state index contributed by atoms with van der Waals surface area (Å²) < 4.78 is 14.9. The zero-order valence-electron chi connectivity index (χ0n) is 11.6. The molecule has 0 rings (SSSR count). The third-order valence-electron chi connectivity index (χ3n) is 1.88. The number of carbonyl (C=O) groups is 2. The van der Waals surface area contributed by atoms with Gasteiger partial charge < -0.3 is 14.2 Å². The summed E-state index contributed by atoms with van der Waals surface area (Å²) in [5.74, 6) is -0.697. The van der Waals surface area contributed by atoms with Crippen LogP contribution in [0.3, 0.4) is 0 Å². The molecule has 0 saturated carbocycles. The van der Waals surface area contributed by atoms with E-state index in [1.807, 2.05) is 0 Å². The molecule has 0 amide bonds. The molecule has 0 radical (unpaired) electrons. The second-order valence-corrected chi connectivity index (χ2v) is 4.91. The van der Waals surface area contributed by atoms with E-state index in [-0.39, 0.29) is 32.4 Å². The Balaban J connectivity index is 3.45. The summed E-state index contributed by atoms with van der Waals surface area (Å²) in [6.45, 7) is 11.3. The molecule has 5 nitrogen and oxygen atoms in total. The number of hydrogen-bond acceptors (Lipinski definition) is 5. The summed E-state index contributed by atoms with van der Waals surface area (Å²) in [5.41, 5.74) is -0.147. The molecule has 0 atom stereocenters. The fourth-order valence-electron chi connectivity index (χ4n) is 0.828. The van der Waals surface area contributed by atoms with Gasteiger partial charge in [0.2, 0.25) is 0 Å². The Kier molecular flexibility index (Phi) is 7.27. The van der Waals surface area contributed by atoms with Crippen LogP contribution in [0.5, 0.6) is 0 Å². The van der Waals surface area contributed by atoms with Crippen molar-refractivity contribution < 1.29 is 23.8 Å². The van der Waals surface area contributed by atoms with Crippen LogP contribution < -0.4 is 0 Å². The van der Waals surface area contributed by atoms with Crippen molar-refractivity contribution in [2.75, 3.05) is 26.4 Å². The predicted octanol–water partition coefficient (Wildman–Crippen LogP) is 1.71. The Hall–Kier alpha value is -1.36. The van der Waals surface area contributed by atoms with Crippen LogP contribution in [-0.4, -0.2) is 38.4 Å².